The lowest BCUT2D eigenvalue weighted by Gasteiger charge is -2.29. The van der Waals surface area contributed by atoms with E-state index in [9.17, 15) is 17.9 Å². The third-order valence-electron chi connectivity index (χ3n) is 2.95. The van der Waals surface area contributed by atoms with Gasteiger partial charge >= 0.3 is 0 Å². The second kappa shape index (κ2) is 4.83. The molecule has 1 saturated heterocycles. The molecule has 0 aliphatic carbocycles. The maximum Gasteiger partial charge on any atom is 0.245 e. The lowest BCUT2D eigenvalue weighted by molar-refractivity contribution is 0.108. The first-order valence-corrected chi connectivity index (χ1v) is 7.08. The Balaban J connectivity index is 2.38. The fourth-order valence-electron chi connectivity index (χ4n) is 2.01. The van der Waals surface area contributed by atoms with Crippen molar-refractivity contribution in [3.8, 4) is 0 Å². The zero-order valence-corrected chi connectivity index (χ0v) is 10.5. The summed E-state index contributed by atoms with van der Waals surface area (Å²) in [5.74, 6) is -0.652. The van der Waals surface area contributed by atoms with Crippen molar-refractivity contribution in [1.82, 2.24) is 4.31 Å². The SMILES string of the molecule is Nc1ccc(F)cc1S(=O)(=O)N1CCC[C@H](O)C1. The summed E-state index contributed by atoms with van der Waals surface area (Å²) in [5.41, 5.74) is 5.59. The number of aliphatic hydroxyl groups excluding tert-OH is 1. The van der Waals surface area contributed by atoms with E-state index in [1.54, 1.807) is 0 Å². The van der Waals surface area contributed by atoms with Crippen LogP contribution in [0.1, 0.15) is 12.8 Å². The van der Waals surface area contributed by atoms with Crippen LogP contribution in [0.2, 0.25) is 0 Å². The molecular formula is C11H15FN2O3S. The van der Waals surface area contributed by atoms with Gasteiger partial charge in [-0.05, 0) is 31.0 Å². The van der Waals surface area contributed by atoms with E-state index in [0.29, 0.717) is 19.4 Å². The molecule has 100 valence electrons. The number of piperidine rings is 1. The number of rotatable bonds is 2. The van der Waals surface area contributed by atoms with Crippen LogP contribution in [0.4, 0.5) is 10.1 Å². The molecule has 0 bridgehead atoms. The number of anilines is 1. The summed E-state index contributed by atoms with van der Waals surface area (Å²) >= 11 is 0. The molecule has 18 heavy (non-hydrogen) atoms. The van der Waals surface area contributed by atoms with Gasteiger partial charge in [-0.3, -0.25) is 0 Å². The maximum atomic E-state index is 13.1. The second-order valence-corrected chi connectivity index (χ2v) is 6.25. The Morgan fingerprint density at radius 2 is 2.17 bits per heavy atom. The summed E-state index contributed by atoms with van der Waals surface area (Å²) in [6.07, 6.45) is 0.476. The van der Waals surface area contributed by atoms with Crippen LogP contribution in [0.25, 0.3) is 0 Å². The number of nitrogen functional groups attached to an aromatic ring is 1. The summed E-state index contributed by atoms with van der Waals surface area (Å²) in [7, 11) is -3.84. The van der Waals surface area contributed by atoms with Crippen molar-refractivity contribution < 1.29 is 17.9 Å². The molecule has 5 nitrogen and oxygen atoms in total. The number of halogens is 1. The number of nitrogens with two attached hydrogens (primary N) is 1. The van der Waals surface area contributed by atoms with Crippen LogP contribution in [0.5, 0.6) is 0 Å². The lowest BCUT2D eigenvalue weighted by atomic mass is 10.1. The molecule has 2 rings (SSSR count). The molecule has 1 fully saturated rings. The summed E-state index contributed by atoms with van der Waals surface area (Å²) in [6, 6.07) is 3.24. The molecule has 0 aromatic heterocycles. The van der Waals surface area contributed by atoms with E-state index in [0.717, 1.165) is 16.4 Å². The van der Waals surface area contributed by atoms with Crippen molar-refractivity contribution in [2.24, 2.45) is 0 Å². The van der Waals surface area contributed by atoms with Crippen LogP contribution in [0.15, 0.2) is 23.1 Å². The first-order valence-electron chi connectivity index (χ1n) is 5.64. The highest BCUT2D eigenvalue weighted by Gasteiger charge is 2.31. The van der Waals surface area contributed by atoms with Crippen molar-refractivity contribution in [2.45, 2.75) is 23.8 Å². The standard InChI is InChI=1S/C11H15FN2O3S/c12-8-3-4-10(13)11(6-8)18(16,17)14-5-1-2-9(15)7-14/h3-4,6,9,15H,1-2,5,7,13H2/t9-/m0/s1. The highest BCUT2D eigenvalue weighted by atomic mass is 32.2. The molecule has 0 amide bonds. The van der Waals surface area contributed by atoms with Gasteiger partial charge in [0.2, 0.25) is 10.0 Å². The molecule has 1 aliphatic rings. The third-order valence-corrected chi connectivity index (χ3v) is 4.87. The molecule has 3 N–H and O–H groups in total. The van der Waals surface area contributed by atoms with Crippen LogP contribution in [0, 0.1) is 5.82 Å². The van der Waals surface area contributed by atoms with Crippen LogP contribution in [-0.4, -0.2) is 37.0 Å². The summed E-state index contributed by atoms with van der Waals surface area (Å²) < 4.78 is 38.8. The van der Waals surface area contributed by atoms with E-state index in [4.69, 9.17) is 5.73 Å². The van der Waals surface area contributed by atoms with Crippen molar-refractivity contribution >= 4 is 15.7 Å². The zero-order chi connectivity index (χ0) is 13.3. The first-order chi connectivity index (χ1) is 8.41. The smallest absolute Gasteiger partial charge is 0.245 e. The predicted molar refractivity (Wildman–Crippen MR) is 64.8 cm³/mol. The van der Waals surface area contributed by atoms with Gasteiger partial charge in [-0.2, -0.15) is 4.31 Å². The van der Waals surface area contributed by atoms with Crippen LogP contribution in [-0.2, 0) is 10.0 Å². The van der Waals surface area contributed by atoms with Crippen molar-refractivity contribution in [2.75, 3.05) is 18.8 Å². The molecule has 0 saturated carbocycles. The molecule has 1 aromatic rings. The Kier molecular flexibility index (Phi) is 3.56. The monoisotopic (exact) mass is 274 g/mol. The van der Waals surface area contributed by atoms with Gasteiger partial charge in [0.05, 0.1) is 11.8 Å². The molecule has 0 spiro atoms. The van der Waals surface area contributed by atoms with Crippen LogP contribution in [0.3, 0.4) is 0 Å². The molecule has 1 aromatic carbocycles. The number of aliphatic hydroxyl groups is 1. The minimum absolute atomic E-state index is 0.0106. The highest BCUT2D eigenvalue weighted by molar-refractivity contribution is 7.89. The number of benzene rings is 1. The van der Waals surface area contributed by atoms with Gasteiger partial charge in [-0.25, -0.2) is 12.8 Å². The number of sulfonamides is 1. The van der Waals surface area contributed by atoms with Gasteiger partial charge in [-0.1, -0.05) is 0 Å². The largest absolute Gasteiger partial charge is 0.398 e. The summed E-state index contributed by atoms with van der Waals surface area (Å²) in [4.78, 5) is -0.239. The summed E-state index contributed by atoms with van der Waals surface area (Å²) in [5, 5.41) is 9.50. The number of hydrogen-bond donors (Lipinski definition) is 2. The molecule has 1 atom stereocenters. The van der Waals surface area contributed by atoms with Crippen molar-refractivity contribution in [1.29, 1.82) is 0 Å². The van der Waals surface area contributed by atoms with E-state index in [-0.39, 0.29) is 17.1 Å². The molecule has 0 radical (unpaired) electrons. The van der Waals surface area contributed by atoms with Gasteiger partial charge in [-0.15, -0.1) is 0 Å². The van der Waals surface area contributed by atoms with E-state index in [2.05, 4.69) is 0 Å². The Bertz CT molecular complexity index is 547. The first kappa shape index (κ1) is 13.3. The quantitative estimate of drug-likeness (QED) is 0.772. The third kappa shape index (κ3) is 2.47. The molecule has 1 aliphatic heterocycles. The lowest BCUT2D eigenvalue weighted by Crippen LogP contribution is -2.42. The average Bonchev–Trinajstić information content (AvgIpc) is 2.32. The van der Waals surface area contributed by atoms with Gasteiger partial charge in [0.25, 0.3) is 0 Å². The fourth-order valence-corrected chi connectivity index (χ4v) is 3.65. The van der Waals surface area contributed by atoms with E-state index >= 15 is 0 Å². The highest BCUT2D eigenvalue weighted by Crippen LogP contribution is 2.25. The molecular weight excluding hydrogens is 259 g/mol. The van der Waals surface area contributed by atoms with Gasteiger partial charge in [0.1, 0.15) is 10.7 Å². The Hall–Kier alpha value is -1.18. The molecule has 7 heteroatoms. The van der Waals surface area contributed by atoms with E-state index < -0.39 is 21.9 Å². The number of nitrogens with zero attached hydrogens (tertiary/aromatic N) is 1. The van der Waals surface area contributed by atoms with E-state index in [1.807, 2.05) is 0 Å². The molecule has 0 unspecified atom stereocenters. The minimum Gasteiger partial charge on any atom is -0.398 e. The Labute approximate surface area is 105 Å². The normalized spacial score (nSPS) is 22.0. The second-order valence-electron chi connectivity index (χ2n) is 4.34. The Morgan fingerprint density at radius 1 is 1.44 bits per heavy atom. The van der Waals surface area contributed by atoms with Crippen molar-refractivity contribution in [3.05, 3.63) is 24.0 Å². The molecule has 1 heterocycles. The van der Waals surface area contributed by atoms with E-state index in [1.165, 1.54) is 6.07 Å². The maximum absolute atomic E-state index is 13.1. The topological polar surface area (TPSA) is 83.6 Å². The fraction of sp³-hybridized carbons (Fsp3) is 0.455. The average molecular weight is 274 g/mol. The van der Waals surface area contributed by atoms with Crippen LogP contribution >= 0.6 is 0 Å². The van der Waals surface area contributed by atoms with Gasteiger partial charge in [0, 0.05) is 13.1 Å². The zero-order valence-electron chi connectivity index (χ0n) is 9.71. The summed E-state index contributed by atoms with van der Waals surface area (Å²) in [6.45, 7) is 0.341. The van der Waals surface area contributed by atoms with Gasteiger partial charge < -0.3 is 10.8 Å². The van der Waals surface area contributed by atoms with Gasteiger partial charge in [0.15, 0.2) is 0 Å². The minimum atomic E-state index is -3.84. The van der Waals surface area contributed by atoms with Crippen LogP contribution < -0.4 is 5.73 Å². The van der Waals surface area contributed by atoms with Crippen molar-refractivity contribution in [3.63, 3.8) is 0 Å². The number of hydrogen-bond acceptors (Lipinski definition) is 4. The predicted octanol–water partition coefficient (Wildman–Crippen LogP) is 0.553. The number of β-amino-alcohol motifs (C(OH)–C–C–N with tert-alkyl or cyclic N) is 1. The Morgan fingerprint density at radius 3 is 2.83 bits per heavy atom.